The van der Waals surface area contributed by atoms with Crippen molar-refractivity contribution < 1.29 is 18.4 Å². The zero-order valence-electron chi connectivity index (χ0n) is 23.4. The molecule has 35 heavy (non-hydrogen) atoms. The van der Waals surface area contributed by atoms with Crippen molar-refractivity contribution >= 4 is 22.6 Å². The van der Waals surface area contributed by atoms with Crippen LogP contribution < -0.4 is 5.32 Å². The summed E-state index contributed by atoms with van der Waals surface area (Å²) in [6.07, 6.45) is 6.60. The Kier molecular flexibility index (Phi) is 4.49. The van der Waals surface area contributed by atoms with E-state index in [1.54, 1.807) is 12.0 Å². The van der Waals surface area contributed by atoms with Gasteiger partial charge in [-0.1, -0.05) is 0 Å². The van der Waals surface area contributed by atoms with Gasteiger partial charge in [0.1, 0.15) is 17.2 Å². The Morgan fingerprint density at radius 3 is 2.83 bits per heavy atom. The molecule has 8 nitrogen and oxygen atoms in total. The summed E-state index contributed by atoms with van der Waals surface area (Å²) < 4.78 is 36.7. The second-order valence-electron chi connectivity index (χ2n) is 10.6. The molecule has 0 radical (unpaired) electrons. The van der Waals surface area contributed by atoms with E-state index in [1.807, 2.05) is 25.3 Å². The van der Waals surface area contributed by atoms with Gasteiger partial charge in [-0.25, -0.2) is 9.97 Å². The topological polar surface area (TPSA) is 81.5 Å². The predicted octanol–water partition coefficient (Wildman–Crippen LogP) is 3.76. The smallest absolute Gasteiger partial charge is 0.222 e. The van der Waals surface area contributed by atoms with Crippen LogP contribution in [0.1, 0.15) is 53.0 Å². The number of amides is 1. The van der Waals surface area contributed by atoms with Crippen LogP contribution in [0.2, 0.25) is 0 Å². The molecule has 0 aromatic carbocycles. The standard InChI is InChI=1S/C27H33N5O3/c1-17-7-23(27(34-4)5-6-35-16-27)30-25(8-17)32-13-21(19-10-26(11-19)14-31(3)15-26)20-12-28-24(9-22(20)32)29-18(2)33/h7-9,12-13,19H,5-6,10-11,14-16H2,1-4H3,(H,28,29,33)/t27-/m0/s1/i3D3. The molecule has 0 bridgehead atoms. The Bertz CT molecular complexity index is 1400. The molecule has 0 unspecified atom stereocenters. The van der Waals surface area contributed by atoms with Crippen LogP contribution in [-0.4, -0.2) is 65.7 Å². The summed E-state index contributed by atoms with van der Waals surface area (Å²) in [5, 5.41) is 3.81. The number of ether oxygens (including phenoxy) is 2. The van der Waals surface area contributed by atoms with E-state index in [0.29, 0.717) is 38.0 Å². The first-order valence-electron chi connectivity index (χ1n) is 13.7. The van der Waals surface area contributed by atoms with Crippen molar-refractivity contribution in [3.63, 3.8) is 0 Å². The Hall–Kier alpha value is -2.81. The Balaban J connectivity index is 1.39. The fraction of sp³-hybridized carbons (Fsp3) is 0.519. The minimum atomic E-state index is -2.02. The zero-order valence-corrected chi connectivity index (χ0v) is 20.4. The molecule has 1 spiro atoms. The zero-order chi connectivity index (χ0) is 26.9. The van der Waals surface area contributed by atoms with Crippen LogP contribution in [0.4, 0.5) is 5.82 Å². The number of rotatable bonds is 5. The highest BCUT2D eigenvalue weighted by Gasteiger charge is 2.51. The van der Waals surface area contributed by atoms with E-state index in [-0.39, 0.29) is 11.3 Å². The highest BCUT2D eigenvalue weighted by atomic mass is 16.5. The van der Waals surface area contributed by atoms with Crippen molar-refractivity contribution in [2.45, 2.75) is 44.6 Å². The molecule has 184 valence electrons. The molecule has 3 aliphatic rings. The highest BCUT2D eigenvalue weighted by Crippen LogP contribution is 2.56. The molecule has 3 fully saturated rings. The predicted molar refractivity (Wildman–Crippen MR) is 134 cm³/mol. The minimum Gasteiger partial charge on any atom is -0.378 e. The number of hydrogen-bond donors (Lipinski definition) is 1. The highest BCUT2D eigenvalue weighted by molar-refractivity contribution is 5.92. The van der Waals surface area contributed by atoms with Gasteiger partial charge in [0.05, 0.1) is 17.8 Å². The van der Waals surface area contributed by atoms with Crippen LogP contribution in [0.15, 0.2) is 30.6 Å². The Morgan fingerprint density at radius 2 is 2.14 bits per heavy atom. The monoisotopic (exact) mass is 478 g/mol. The SMILES string of the molecule is [2H]C([2H])([2H])N1CC2(CC(c3cn(-c4cc(C)cc([C@]5(OC)CCOC5)n4)c4cc(NC(C)=O)ncc34)C2)C1. The molecule has 1 aliphatic carbocycles. The van der Waals surface area contributed by atoms with Gasteiger partial charge in [0.25, 0.3) is 0 Å². The van der Waals surface area contributed by atoms with Gasteiger partial charge < -0.3 is 24.3 Å². The van der Waals surface area contributed by atoms with Gasteiger partial charge in [-0.3, -0.25) is 4.79 Å². The lowest BCUT2D eigenvalue weighted by atomic mass is 9.56. The Morgan fingerprint density at radius 1 is 1.31 bits per heavy atom. The summed E-state index contributed by atoms with van der Waals surface area (Å²) in [5.41, 5.74) is 3.50. The molecule has 1 amide bonds. The van der Waals surface area contributed by atoms with Gasteiger partial charge in [-0.2, -0.15) is 0 Å². The largest absolute Gasteiger partial charge is 0.378 e. The van der Waals surface area contributed by atoms with E-state index in [9.17, 15) is 4.79 Å². The third kappa shape index (κ3) is 3.75. The second-order valence-corrected chi connectivity index (χ2v) is 10.6. The van der Waals surface area contributed by atoms with E-state index in [0.717, 1.165) is 47.2 Å². The number of fused-ring (bicyclic) bond motifs is 1. The number of anilines is 1. The summed E-state index contributed by atoms with van der Waals surface area (Å²) >= 11 is 0. The van der Waals surface area contributed by atoms with Gasteiger partial charge >= 0.3 is 0 Å². The van der Waals surface area contributed by atoms with E-state index in [1.165, 1.54) is 12.5 Å². The number of nitrogens with zero attached hydrogens (tertiary/aromatic N) is 4. The van der Waals surface area contributed by atoms with Gasteiger partial charge in [0.15, 0.2) is 0 Å². The van der Waals surface area contributed by atoms with Gasteiger partial charge in [0, 0.05) is 68.1 Å². The number of methoxy groups -OCH3 is 1. The molecular weight excluding hydrogens is 442 g/mol. The number of carbonyl (C=O) groups excluding carboxylic acids is 1. The number of nitrogens with one attached hydrogen (secondary N) is 1. The van der Waals surface area contributed by atoms with Gasteiger partial charge in [-0.05, 0) is 61.3 Å². The lowest BCUT2D eigenvalue weighted by Gasteiger charge is -2.58. The fourth-order valence-electron chi connectivity index (χ4n) is 6.15. The van der Waals surface area contributed by atoms with Crippen LogP contribution in [0, 0.1) is 12.3 Å². The van der Waals surface area contributed by atoms with Crippen LogP contribution in [0.5, 0.6) is 0 Å². The van der Waals surface area contributed by atoms with Crippen LogP contribution >= 0.6 is 0 Å². The molecule has 1 saturated carbocycles. The van der Waals surface area contributed by atoms with Crippen LogP contribution in [0.25, 0.3) is 16.7 Å². The fourth-order valence-corrected chi connectivity index (χ4v) is 6.15. The van der Waals surface area contributed by atoms with Crippen LogP contribution in [-0.2, 0) is 19.9 Å². The number of aromatic nitrogens is 3. The van der Waals surface area contributed by atoms with Crippen molar-refractivity contribution in [2.24, 2.45) is 5.41 Å². The molecule has 3 aromatic rings. The number of aryl methyl sites for hydroxylation is 1. The number of carbonyl (C=O) groups is 1. The van der Waals surface area contributed by atoms with Crippen molar-refractivity contribution in [1.82, 2.24) is 19.4 Å². The van der Waals surface area contributed by atoms with E-state index in [2.05, 4.69) is 27.1 Å². The molecule has 5 heterocycles. The molecule has 2 saturated heterocycles. The van der Waals surface area contributed by atoms with Crippen molar-refractivity contribution in [2.75, 3.05) is 45.7 Å². The van der Waals surface area contributed by atoms with Gasteiger partial charge in [0.2, 0.25) is 5.91 Å². The van der Waals surface area contributed by atoms with E-state index >= 15 is 0 Å². The Labute approximate surface area is 209 Å². The summed E-state index contributed by atoms with van der Waals surface area (Å²) in [6, 6.07) is 6.00. The normalized spacial score (nSPS) is 25.6. The lowest BCUT2D eigenvalue weighted by molar-refractivity contribution is -0.114. The third-order valence-corrected chi connectivity index (χ3v) is 7.92. The third-order valence-electron chi connectivity index (χ3n) is 7.92. The molecule has 8 heteroatoms. The van der Waals surface area contributed by atoms with Crippen LogP contribution in [0.3, 0.4) is 0 Å². The number of hydrogen-bond acceptors (Lipinski definition) is 6. The van der Waals surface area contributed by atoms with Crippen molar-refractivity contribution in [1.29, 1.82) is 0 Å². The number of likely N-dealkylation sites (tertiary alicyclic amines) is 1. The van der Waals surface area contributed by atoms with E-state index in [4.69, 9.17) is 18.6 Å². The second kappa shape index (κ2) is 8.11. The number of pyridine rings is 2. The summed E-state index contributed by atoms with van der Waals surface area (Å²) in [4.78, 5) is 22.9. The average Bonchev–Trinajstić information content (AvgIpc) is 3.41. The van der Waals surface area contributed by atoms with Gasteiger partial charge in [-0.15, -0.1) is 0 Å². The van der Waals surface area contributed by atoms with E-state index < -0.39 is 12.6 Å². The molecule has 2 aliphatic heterocycles. The van der Waals surface area contributed by atoms with Crippen molar-refractivity contribution in [3.8, 4) is 5.82 Å². The molecule has 1 atom stereocenters. The summed E-state index contributed by atoms with van der Waals surface area (Å²) in [5.74, 6) is 1.38. The maximum atomic E-state index is 11.7. The first-order valence-corrected chi connectivity index (χ1v) is 12.2. The maximum Gasteiger partial charge on any atom is 0.222 e. The molecule has 6 rings (SSSR count). The minimum absolute atomic E-state index is 0.0825. The first-order chi connectivity index (χ1) is 18.0. The average molecular weight is 479 g/mol. The first kappa shape index (κ1) is 19.4. The molecular formula is C27H33N5O3. The quantitative estimate of drug-likeness (QED) is 0.601. The summed E-state index contributed by atoms with van der Waals surface area (Å²) in [7, 11) is 1.70. The molecule has 1 N–H and O–H groups in total. The maximum absolute atomic E-state index is 11.7. The molecule has 3 aromatic heterocycles. The lowest BCUT2D eigenvalue weighted by Crippen LogP contribution is -2.59. The summed E-state index contributed by atoms with van der Waals surface area (Å²) in [6.45, 7) is 3.83. The van der Waals surface area contributed by atoms with Crippen molar-refractivity contribution in [3.05, 3.63) is 47.4 Å².